The van der Waals surface area contributed by atoms with Gasteiger partial charge in [-0.3, -0.25) is 4.99 Å². The maximum Gasteiger partial charge on any atom is 0.192 e. The zero-order valence-electron chi connectivity index (χ0n) is 15.3. The van der Waals surface area contributed by atoms with Crippen molar-refractivity contribution < 1.29 is 9.47 Å². The van der Waals surface area contributed by atoms with E-state index in [4.69, 9.17) is 32.5 Å². The van der Waals surface area contributed by atoms with Gasteiger partial charge in [-0.15, -0.1) is 30.4 Å². The lowest BCUT2D eigenvalue weighted by atomic mass is 9.73. The van der Waals surface area contributed by atoms with Crippen molar-refractivity contribution in [1.29, 1.82) is 0 Å². The second-order valence-electron chi connectivity index (χ2n) is 5.99. The minimum absolute atomic E-state index is 0. The summed E-state index contributed by atoms with van der Waals surface area (Å²) in [5.74, 6) is 4.12. The molecule has 1 aromatic rings. The average Bonchev–Trinajstić information content (AvgIpc) is 2.64. The van der Waals surface area contributed by atoms with Crippen molar-refractivity contribution in [3.63, 3.8) is 0 Å². The van der Waals surface area contributed by atoms with E-state index in [9.17, 15) is 0 Å². The highest BCUT2D eigenvalue weighted by atomic mass is 127. The van der Waals surface area contributed by atoms with E-state index < -0.39 is 0 Å². The Bertz CT molecular complexity index is 640. The van der Waals surface area contributed by atoms with Crippen molar-refractivity contribution in [1.82, 2.24) is 10.6 Å². The number of guanidine groups is 1. The smallest absolute Gasteiger partial charge is 0.192 e. The second kappa shape index (κ2) is 11.5. The monoisotopic (exact) mass is 491 g/mol. The number of terminal acetylenes is 1. The first-order valence-electron chi connectivity index (χ1n) is 8.52. The first-order chi connectivity index (χ1) is 12.1. The Morgan fingerprint density at radius 3 is 2.73 bits per heavy atom. The molecule has 26 heavy (non-hydrogen) atoms. The van der Waals surface area contributed by atoms with E-state index in [0.29, 0.717) is 37.3 Å². The number of halogens is 2. The van der Waals surface area contributed by atoms with Gasteiger partial charge in [-0.05, 0) is 38.0 Å². The molecular formula is C19H27ClIN3O2. The maximum absolute atomic E-state index is 6.27. The van der Waals surface area contributed by atoms with Crippen molar-refractivity contribution in [3.05, 3.63) is 28.8 Å². The van der Waals surface area contributed by atoms with Crippen LogP contribution >= 0.6 is 35.6 Å². The van der Waals surface area contributed by atoms with Crippen LogP contribution in [-0.2, 0) is 10.2 Å². The molecule has 0 bridgehead atoms. The van der Waals surface area contributed by atoms with Gasteiger partial charge >= 0.3 is 0 Å². The molecule has 2 rings (SSSR count). The fraction of sp³-hybridized carbons (Fsp3) is 0.526. The zero-order valence-corrected chi connectivity index (χ0v) is 18.4. The molecule has 2 N–H and O–H groups in total. The van der Waals surface area contributed by atoms with E-state index in [-0.39, 0.29) is 29.4 Å². The molecule has 0 unspecified atom stereocenters. The third-order valence-electron chi connectivity index (χ3n) is 4.42. The Hall–Kier alpha value is -1.17. The first kappa shape index (κ1) is 22.9. The molecule has 1 saturated heterocycles. The van der Waals surface area contributed by atoms with Gasteiger partial charge in [-0.25, -0.2) is 0 Å². The Morgan fingerprint density at radius 2 is 2.12 bits per heavy atom. The molecule has 0 atom stereocenters. The van der Waals surface area contributed by atoms with Crippen LogP contribution in [0.3, 0.4) is 0 Å². The number of aliphatic imine (C=N–C) groups is 1. The lowest BCUT2D eigenvalue weighted by Gasteiger charge is -2.37. The lowest BCUT2D eigenvalue weighted by molar-refractivity contribution is 0.0523. The van der Waals surface area contributed by atoms with E-state index in [0.717, 1.165) is 30.7 Å². The molecule has 1 heterocycles. The van der Waals surface area contributed by atoms with Crippen LogP contribution in [0.5, 0.6) is 5.75 Å². The summed E-state index contributed by atoms with van der Waals surface area (Å²) in [6.07, 6.45) is 7.07. The predicted octanol–water partition coefficient (Wildman–Crippen LogP) is 3.20. The third kappa shape index (κ3) is 5.93. The Balaban J connectivity index is 0.00000338. The number of hydrogen-bond acceptors (Lipinski definition) is 3. The van der Waals surface area contributed by atoms with Gasteiger partial charge in [0.05, 0.1) is 20.2 Å². The normalized spacial score (nSPS) is 16.2. The molecule has 7 heteroatoms. The van der Waals surface area contributed by atoms with Crippen molar-refractivity contribution in [2.75, 3.05) is 40.0 Å². The summed E-state index contributed by atoms with van der Waals surface area (Å²) in [7, 11) is 1.68. The van der Waals surface area contributed by atoms with Gasteiger partial charge in [-0.1, -0.05) is 17.5 Å². The molecule has 0 aliphatic carbocycles. The van der Waals surface area contributed by atoms with Crippen LogP contribution in [0.1, 0.15) is 25.3 Å². The van der Waals surface area contributed by atoms with Gasteiger partial charge in [0.25, 0.3) is 0 Å². The van der Waals surface area contributed by atoms with Crippen LogP contribution in [0.15, 0.2) is 23.2 Å². The quantitative estimate of drug-likeness (QED) is 0.278. The second-order valence-corrected chi connectivity index (χ2v) is 6.43. The molecule has 0 spiro atoms. The third-order valence-corrected chi connectivity index (χ3v) is 4.66. The molecule has 0 amide bonds. The van der Waals surface area contributed by atoms with Gasteiger partial charge in [0.1, 0.15) is 5.75 Å². The standard InChI is InChI=1S/C19H26ClN3O2.HI/c1-4-10-22-18(21-5-2)23-14-19(8-11-25-12-9-19)16-13-15(20)6-7-17(16)24-3;/h1,6-7,13H,5,8-12,14H2,2-3H3,(H2,21,22,23);1H. The van der Waals surface area contributed by atoms with E-state index in [2.05, 4.69) is 16.6 Å². The predicted molar refractivity (Wildman–Crippen MR) is 118 cm³/mol. The molecule has 0 aromatic heterocycles. The largest absolute Gasteiger partial charge is 0.496 e. The summed E-state index contributed by atoms with van der Waals surface area (Å²) < 4.78 is 11.2. The number of hydrogen-bond donors (Lipinski definition) is 2. The number of nitrogens with one attached hydrogen (secondary N) is 2. The first-order valence-corrected chi connectivity index (χ1v) is 8.90. The molecule has 1 aliphatic rings. The Labute approximate surface area is 178 Å². The van der Waals surface area contributed by atoms with Crippen molar-refractivity contribution in [2.45, 2.75) is 25.2 Å². The summed E-state index contributed by atoms with van der Waals surface area (Å²) >= 11 is 6.27. The molecule has 5 nitrogen and oxygen atoms in total. The zero-order chi connectivity index (χ0) is 18.1. The average molecular weight is 492 g/mol. The Kier molecular flexibility index (Phi) is 10.1. The number of nitrogens with zero attached hydrogens (tertiary/aromatic N) is 1. The summed E-state index contributed by atoms with van der Waals surface area (Å²) in [5.41, 5.74) is 0.912. The van der Waals surface area contributed by atoms with E-state index in [1.165, 1.54) is 0 Å². The highest BCUT2D eigenvalue weighted by Gasteiger charge is 2.37. The van der Waals surface area contributed by atoms with Crippen molar-refractivity contribution in [3.8, 4) is 18.1 Å². The summed E-state index contributed by atoms with van der Waals surface area (Å²) in [5, 5.41) is 7.05. The fourth-order valence-electron chi connectivity index (χ4n) is 3.08. The van der Waals surface area contributed by atoms with Gasteiger partial charge in [0.2, 0.25) is 0 Å². The topological polar surface area (TPSA) is 54.9 Å². The van der Waals surface area contributed by atoms with E-state index in [1.807, 2.05) is 25.1 Å². The van der Waals surface area contributed by atoms with Crippen LogP contribution in [-0.4, -0.2) is 45.9 Å². The summed E-state index contributed by atoms with van der Waals surface area (Å²) in [6.45, 7) is 5.22. The maximum atomic E-state index is 6.27. The number of ether oxygens (including phenoxy) is 2. The van der Waals surface area contributed by atoms with Crippen LogP contribution in [0.4, 0.5) is 0 Å². The van der Waals surface area contributed by atoms with Gasteiger partial charge in [0, 0.05) is 35.8 Å². The van der Waals surface area contributed by atoms with E-state index >= 15 is 0 Å². The molecule has 0 radical (unpaired) electrons. The molecule has 144 valence electrons. The van der Waals surface area contributed by atoms with Crippen LogP contribution < -0.4 is 15.4 Å². The SMILES string of the molecule is C#CCNC(=NCC1(c2cc(Cl)ccc2OC)CCOCC1)NCC.I. The lowest BCUT2D eigenvalue weighted by Crippen LogP contribution is -2.41. The number of rotatable bonds is 6. The minimum atomic E-state index is -0.174. The summed E-state index contributed by atoms with van der Waals surface area (Å²) in [6, 6.07) is 5.75. The molecule has 1 aliphatic heterocycles. The highest BCUT2D eigenvalue weighted by molar-refractivity contribution is 14.0. The van der Waals surface area contributed by atoms with Gasteiger partial charge in [0.15, 0.2) is 5.96 Å². The van der Waals surface area contributed by atoms with Gasteiger partial charge in [-0.2, -0.15) is 0 Å². The molecule has 1 aromatic carbocycles. The van der Waals surface area contributed by atoms with E-state index in [1.54, 1.807) is 7.11 Å². The molecule has 1 fully saturated rings. The summed E-state index contributed by atoms with van der Waals surface area (Å²) in [4.78, 5) is 4.77. The van der Waals surface area contributed by atoms with Crippen molar-refractivity contribution in [2.24, 2.45) is 4.99 Å². The van der Waals surface area contributed by atoms with Crippen LogP contribution in [0.2, 0.25) is 5.02 Å². The Morgan fingerprint density at radius 1 is 1.38 bits per heavy atom. The van der Waals surface area contributed by atoms with Gasteiger partial charge < -0.3 is 20.1 Å². The number of benzene rings is 1. The molecule has 0 saturated carbocycles. The van der Waals surface area contributed by atoms with Crippen molar-refractivity contribution >= 4 is 41.5 Å². The van der Waals surface area contributed by atoms with Crippen LogP contribution in [0.25, 0.3) is 0 Å². The molecular weight excluding hydrogens is 465 g/mol. The highest BCUT2D eigenvalue weighted by Crippen LogP contribution is 2.41. The fourth-order valence-corrected chi connectivity index (χ4v) is 3.25. The minimum Gasteiger partial charge on any atom is -0.496 e. The van der Waals surface area contributed by atoms with Crippen LogP contribution in [0, 0.1) is 12.3 Å². The number of methoxy groups -OCH3 is 1.